The molecule has 4 rings (SSSR count). The van der Waals surface area contributed by atoms with E-state index in [1.807, 2.05) is 0 Å². The summed E-state index contributed by atoms with van der Waals surface area (Å²) in [6.07, 6.45) is 4.39. The number of anilines is 1. The molecule has 3 aliphatic rings. The van der Waals surface area contributed by atoms with Gasteiger partial charge in [0.25, 0.3) is 0 Å². The lowest BCUT2D eigenvalue weighted by Crippen LogP contribution is -2.64. The zero-order chi connectivity index (χ0) is 18.5. The van der Waals surface area contributed by atoms with Crippen LogP contribution in [-0.4, -0.2) is 62.5 Å². The Morgan fingerprint density at radius 2 is 1.85 bits per heavy atom. The Labute approximate surface area is 159 Å². The lowest BCUT2D eigenvalue weighted by atomic mass is 10.00. The number of methoxy groups -OCH3 is 1. The molecule has 26 heavy (non-hydrogen) atoms. The molecule has 2 heterocycles. The molecule has 2 unspecified atom stereocenters. The molecule has 3 fully saturated rings. The third kappa shape index (κ3) is 3.10. The van der Waals surface area contributed by atoms with Crippen LogP contribution in [0.1, 0.15) is 25.7 Å². The molecular weight excluding hydrogens is 376 g/mol. The van der Waals surface area contributed by atoms with Crippen LogP contribution in [0, 0.1) is 0 Å². The van der Waals surface area contributed by atoms with Gasteiger partial charge in [0.05, 0.1) is 36.2 Å². The molecule has 0 bridgehead atoms. The second kappa shape index (κ2) is 6.69. The van der Waals surface area contributed by atoms with Crippen molar-refractivity contribution in [2.24, 2.45) is 0 Å². The number of amides is 1. The fourth-order valence-electron chi connectivity index (χ4n) is 4.68. The van der Waals surface area contributed by atoms with Gasteiger partial charge in [0.15, 0.2) is 9.84 Å². The highest BCUT2D eigenvalue weighted by Crippen LogP contribution is 2.38. The average Bonchev–Trinajstić information content (AvgIpc) is 3.21. The van der Waals surface area contributed by atoms with Crippen molar-refractivity contribution in [2.75, 3.05) is 30.1 Å². The van der Waals surface area contributed by atoms with E-state index in [0.717, 1.165) is 25.7 Å². The number of carbonyl (C=O) groups excluding carboxylic acids is 1. The molecule has 1 aromatic carbocycles. The van der Waals surface area contributed by atoms with E-state index < -0.39 is 9.84 Å². The molecule has 1 amide bonds. The highest BCUT2D eigenvalue weighted by molar-refractivity contribution is 7.91. The van der Waals surface area contributed by atoms with Crippen LogP contribution in [0.3, 0.4) is 0 Å². The van der Waals surface area contributed by atoms with Crippen LogP contribution in [0.25, 0.3) is 0 Å². The molecule has 1 saturated carbocycles. The van der Waals surface area contributed by atoms with E-state index in [2.05, 4.69) is 4.90 Å². The van der Waals surface area contributed by atoms with E-state index in [1.54, 1.807) is 23.1 Å². The van der Waals surface area contributed by atoms with Gasteiger partial charge < -0.3 is 9.64 Å². The summed E-state index contributed by atoms with van der Waals surface area (Å²) >= 11 is 6.24. The van der Waals surface area contributed by atoms with Crippen LogP contribution in [0.2, 0.25) is 5.02 Å². The number of benzene rings is 1. The van der Waals surface area contributed by atoms with E-state index in [4.69, 9.17) is 16.3 Å². The lowest BCUT2D eigenvalue weighted by Gasteiger charge is -2.46. The number of sulfone groups is 1. The first-order valence-corrected chi connectivity index (χ1v) is 11.2. The monoisotopic (exact) mass is 398 g/mol. The van der Waals surface area contributed by atoms with Gasteiger partial charge >= 0.3 is 0 Å². The topological polar surface area (TPSA) is 66.9 Å². The van der Waals surface area contributed by atoms with Gasteiger partial charge in [-0.15, -0.1) is 0 Å². The molecular formula is C18H23ClN2O4S. The summed E-state index contributed by atoms with van der Waals surface area (Å²) in [5, 5.41) is 0.411. The summed E-state index contributed by atoms with van der Waals surface area (Å²) in [4.78, 5) is 16.8. The maximum Gasteiger partial charge on any atom is 0.241 e. The average molecular weight is 399 g/mol. The molecule has 2 aliphatic heterocycles. The largest absolute Gasteiger partial charge is 0.495 e. The molecule has 8 heteroatoms. The molecule has 1 aromatic rings. The van der Waals surface area contributed by atoms with Crippen molar-refractivity contribution in [3.8, 4) is 5.75 Å². The Balaban J connectivity index is 1.70. The predicted molar refractivity (Wildman–Crippen MR) is 101 cm³/mol. The van der Waals surface area contributed by atoms with Gasteiger partial charge in [-0.3, -0.25) is 9.69 Å². The summed E-state index contributed by atoms with van der Waals surface area (Å²) < 4.78 is 30.0. The maximum absolute atomic E-state index is 13.0. The SMILES string of the molecule is COc1ccc(N2C(=O)CN(C3CCCC3)C3CS(=O)(=O)CC32)cc1Cl. The molecule has 1 aliphatic carbocycles. The second-order valence-corrected chi connectivity index (χ2v) is 9.97. The first kappa shape index (κ1) is 18.1. The van der Waals surface area contributed by atoms with E-state index >= 15 is 0 Å². The predicted octanol–water partition coefficient (Wildman–Crippen LogP) is 2.11. The van der Waals surface area contributed by atoms with Gasteiger partial charge in [-0.2, -0.15) is 0 Å². The number of carbonyl (C=O) groups is 1. The third-order valence-corrected chi connectivity index (χ3v) is 7.84. The minimum atomic E-state index is -3.17. The summed E-state index contributed by atoms with van der Waals surface area (Å²) in [6, 6.07) is 5.00. The minimum Gasteiger partial charge on any atom is -0.495 e. The second-order valence-electron chi connectivity index (χ2n) is 7.40. The van der Waals surface area contributed by atoms with Crippen molar-refractivity contribution >= 4 is 33.0 Å². The number of piperazine rings is 1. The van der Waals surface area contributed by atoms with Crippen molar-refractivity contribution in [1.29, 1.82) is 0 Å². The fourth-order valence-corrected chi connectivity index (χ4v) is 6.90. The Morgan fingerprint density at radius 3 is 2.50 bits per heavy atom. The van der Waals surface area contributed by atoms with Crippen molar-refractivity contribution < 1.29 is 17.9 Å². The summed E-state index contributed by atoms with van der Waals surface area (Å²) in [6.45, 7) is 0.269. The summed E-state index contributed by atoms with van der Waals surface area (Å²) in [7, 11) is -1.64. The Morgan fingerprint density at radius 1 is 1.15 bits per heavy atom. The molecule has 142 valence electrons. The van der Waals surface area contributed by atoms with Crippen molar-refractivity contribution in [3.05, 3.63) is 23.2 Å². The number of ether oxygens (including phenoxy) is 1. The Kier molecular flexibility index (Phi) is 4.65. The first-order chi connectivity index (χ1) is 12.4. The fraction of sp³-hybridized carbons (Fsp3) is 0.611. The molecule has 0 aromatic heterocycles. The van der Waals surface area contributed by atoms with Gasteiger partial charge in [0.1, 0.15) is 5.75 Å². The number of nitrogens with zero attached hydrogens (tertiary/aromatic N) is 2. The van der Waals surface area contributed by atoms with Crippen LogP contribution in [0.15, 0.2) is 18.2 Å². The first-order valence-electron chi connectivity index (χ1n) is 9.01. The van der Waals surface area contributed by atoms with Crippen molar-refractivity contribution in [2.45, 2.75) is 43.8 Å². The highest BCUT2D eigenvalue weighted by Gasteiger charge is 2.51. The van der Waals surface area contributed by atoms with Crippen LogP contribution < -0.4 is 9.64 Å². The molecule has 0 N–H and O–H groups in total. The van der Waals surface area contributed by atoms with Crippen molar-refractivity contribution in [3.63, 3.8) is 0 Å². The number of hydrogen-bond acceptors (Lipinski definition) is 5. The number of rotatable bonds is 3. The van der Waals surface area contributed by atoms with Gasteiger partial charge in [-0.25, -0.2) is 8.42 Å². The van der Waals surface area contributed by atoms with E-state index in [0.29, 0.717) is 22.5 Å². The minimum absolute atomic E-state index is 0.0102. The zero-order valence-corrected chi connectivity index (χ0v) is 16.3. The smallest absolute Gasteiger partial charge is 0.241 e. The zero-order valence-electron chi connectivity index (χ0n) is 14.7. The highest BCUT2D eigenvalue weighted by atomic mass is 35.5. The summed E-state index contributed by atoms with van der Waals surface area (Å²) in [5.41, 5.74) is 0.638. The normalized spacial score (nSPS) is 29.2. The van der Waals surface area contributed by atoms with Crippen LogP contribution in [0.5, 0.6) is 5.75 Å². The van der Waals surface area contributed by atoms with Crippen LogP contribution in [-0.2, 0) is 14.6 Å². The standard InChI is InChI=1S/C18H23ClN2O4S/c1-25-17-7-6-13(8-14(17)19)21-16-11-26(23,24)10-15(16)20(9-18(21)22)12-4-2-3-5-12/h6-8,12,15-16H,2-5,9-11H2,1H3. The molecule has 2 atom stereocenters. The molecule has 0 radical (unpaired) electrons. The van der Waals surface area contributed by atoms with Gasteiger partial charge in [-0.05, 0) is 31.0 Å². The number of fused-ring (bicyclic) bond motifs is 1. The third-order valence-electron chi connectivity index (χ3n) is 5.84. The lowest BCUT2D eigenvalue weighted by molar-refractivity contribution is -0.124. The summed E-state index contributed by atoms with van der Waals surface area (Å²) in [5.74, 6) is 0.609. The van der Waals surface area contributed by atoms with Crippen LogP contribution >= 0.6 is 11.6 Å². The Bertz CT molecular complexity index is 822. The Hall–Kier alpha value is -1.31. The quantitative estimate of drug-likeness (QED) is 0.780. The van der Waals surface area contributed by atoms with Crippen LogP contribution in [0.4, 0.5) is 5.69 Å². The van der Waals surface area contributed by atoms with Crippen molar-refractivity contribution in [1.82, 2.24) is 4.90 Å². The maximum atomic E-state index is 13.0. The van der Waals surface area contributed by atoms with E-state index in [1.165, 1.54) is 7.11 Å². The van der Waals surface area contributed by atoms with E-state index in [9.17, 15) is 13.2 Å². The number of hydrogen-bond donors (Lipinski definition) is 0. The molecule has 0 spiro atoms. The van der Waals surface area contributed by atoms with Gasteiger partial charge in [-0.1, -0.05) is 24.4 Å². The molecule has 2 saturated heterocycles. The van der Waals surface area contributed by atoms with Gasteiger partial charge in [0.2, 0.25) is 5.91 Å². The number of halogens is 1. The van der Waals surface area contributed by atoms with Gasteiger partial charge in [0, 0.05) is 17.8 Å². The molecule has 6 nitrogen and oxygen atoms in total. The van der Waals surface area contributed by atoms with E-state index in [-0.39, 0.29) is 36.0 Å².